The fourth-order valence-electron chi connectivity index (χ4n) is 3.11. The van der Waals surface area contributed by atoms with Crippen LogP contribution in [0.3, 0.4) is 0 Å². The predicted octanol–water partition coefficient (Wildman–Crippen LogP) is 4.10. The maximum atomic E-state index is 5.38. The molecule has 0 atom stereocenters. The fourth-order valence-corrected chi connectivity index (χ4v) is 3.11. The molecule has 1 aliphatic carbocycles. The summed E-state index contributed by atoms with van der Waals surface area (Å²) in [6.45, 7) is 0.583. The molecule has 0 aromatic carbocycles. The van der Waals surface area contributed by atoms with E-state index in [-0.39, 0.29) is 0 Å². The zero-order valence-electron chi connectivity index (χ0n) is 14.0. The number of hydrogen-bond donors (Lipinski definition) is 2. The van der Waals surface area contributed by atoms with Gasteiger partial charge in [-0.05, 0) is 37.1 Å². The Bertz CT molecular complexity index is 798. The van der Waals surface area contributed by atoms with E-state index in [1.807, 2.05) is 36.5 Å². The van der Waals surface area contributed by atoms with Gasteiger partial charge in [0.1, 0.15) is 11.6 Å². The minimum Gasteiger partial charge on any atom is -0.467 e. The van der Waals surface area contributed by atoms with Gasteiger partial charge >= 0.3 is 0 Å². The highest BCUT2D eigenvalue weighted by molar-refractivity contribution is 5.63. The summed E-state index contributed by atoms with van der Waals surface area (Å²) in [5, 5.41) is 6.80. The summed E-state index contributed by atoms with van der Waals surface area (Å²) in [7, 11) is 0. The number of furan rings is 1. The zero-order chi connectivity index (χ0) is 16.9. The molecule has 3 aromatic heterocycles. The van der Waals surface area contributed by atoms with Gasteiger partial charge in [0.25, 0.3) is 0 Å². The van der Waals surface area contributed by atoms with Gasteiger partial charge < -0.3 is 15.1 Å². The van der Waals surface area contributed by atoms with Crippen molar-refractivity contribution in [1.29, 1.82) is 0 Å². The molecule has 128 valence electrons. The lowest BCUT2D eigenvalue weighted by atomic mass is 10.2. The number of rotatable bonds is 6. The van der Waals surface area contributed by atoms with Gasteiger partial charge in [0, 0.05) is 30.1 Å². The van der Waals surface area contributed by atoms with E-state index in [9.17, 15) is 0 Å². The minimum absolute atomic E-state index is 0.460. The lowest BCUT2D eigenvalue weighted by Gasteiger charge is -2.14. The summed E-state index contributed by atoms with van der Waals surface area (Å²) in [6, 6.07) is 10.1. The molecular formula is C19H21N5O. The topological polar surface area (TPSA) is 75.9 Å². The van der Waals surface area contributed by atoms with Crippen molar-refractivity contribution in [2.45, 2.75) is 38.3 Å². The molecule has 1 aliphatic rings. The normalized spacial score (nSPS) is 14.6. The third-order valence-corrected chi connectivity index (χ3v) is 4.40. The highest BCUT2D eigenvalue weighted by Gasteiger charge is 2.16. The van der Waals surface area contributed by atoms with E-state index in [0.717, 1.165) is 22.8 Å². The summed E-state index contributed by atoms with van der Waals surface area (Å²) >= 11 is 0. The third-order valence-electron chi connectivity index (χ3n) is 4.40. The highest BCUT2D eigenvalue weighted by Crippen LogP contribution is 2.24. The van der Waals surface area contributed by atoms with Crippen molar-refractivity contribution >= 4 is 11.8 Å². The molecule has 3 heterocycles. The van der Waals surface area contributed by atoms with Crippen LogP contribution < -0.4 is 10.6 Å². The molecule has 0 bridgehead atoms. The Morgan fingerprint density at radius 2 is 2.04 bits per heavy atom. The van der Waals surface area contributed by atoms with Gasteiger partial charge in [0.05, 0.1) is 18.5 Å². The van der Waals surface area contributed by atoms with Crippen molar-refractivity contribution in [2.75, 3.05) is 10.6 Å². The second kappa shape index (κ2) is 7.34. The molecule has 0 amide bonds. The molecule has 25 heavy (non-hydrogen) atoms. The van der Waals surface area contributed by atoms with E-state index in [2.05, 4.69) is 25.6 Å². The predicted molar refractivity (Wildman–Crippen MR) is 97.2 cm³/mol. The van der Waals surface area contributed by atoms with E-state index in [1.165, 1.54) is 25.7 Å². The molecule has 3 aromatic rings. The maximum Gasteiger partial charge on any atom is 0.225 e. The smallest absolute Gasteiger partial charge is 0.225 e. The lowest BCUT2D eigenvalue weighted by Crippen LogP contribution is -2.17. The van der Waals surface area contributed by atoms with Crippen molar-refractivity contribution < 1.29 is 4.42 Å². The van der Waals surface area contributed by atoms with Gasteiger partial charge in [-0.3, -0.25) is 4.98 Å². The summed E-state index contributed by atoms with van der Waals surface area (Å²) in [5.74, 6) is 2.30. The van der Waals surface area contributed by atoms with Crippen LogP contribution in [-0.4, -0.2) is 21.0 Å². The van der Waals surface area contributed by atoms with Crippen LogP contribution in [0.15, 0.2) is 53.4 Å². The zero-order valence-corrected chi connectivity index (χ0v) is 14.0. The van der Waals surface area contributed by atoms with Crippen LogP contribution in [0, 0.1) is 0 Å². The second-order valence-corrected chi connectivity index (χ2v) is 6.26. The first-order valence-corrected chi connectivity index (χ1v) is 8.69. The monoisotopic (exact) mass is 335 g/mol. The van der Waals surface area contributed by atoms with E-state index >= 15 is 0 Å². The number of pyridine rings is 1. The Balaban J connectivity index is 1.59. The number of nitrogens with one attached hydrogen (secondary N) is 2. The van der Waals surface area contributed by atoms with Gasteiger partial charge in [-0.15, -0.1) is 0 Å². The van der Waals surface area contributed by atoms with E-state index in [4.69, 9.17) is 4.42 Å². The van der Waals surface area contributed by atoms with E-state index in [0.29, 0.717) is 18.5 Å². The minimum atomic E-state index is 0.460. The van der Waals surface area contributed by atoms with Gasteiger partial charge in [-0.2, -0.15) is 4.98 Å². The largest absolute Gasteiger partial charge is 0.467 e. The molecule has 1 fully saturated rings. The Kier molecular flexibility index (Phi) is 4.59. The molecule has 2 N–H and O–H groups in total. The van der Waals surface area contributed by atoms with Gasteiger partial charge in [0.15, 0.2) is 0 Å². The van der Waals surface area contributed by atoms with Crippen molar-refractivity contribution in [3.8, 4) is 11.3 Å². The molecule has 6 heteroatoms. The van der Waals surface area contributed by atoms with Crippen LogP contribution in [0.1, 0.15) is 31.4 Å². The summed E-state index contributed by atoms with van der Waals surface area (Å²) in [4.78, 5) is 13.5. The average Bonchev–Trinajstić information content (AvgIpc) is 3.34. The molecule has 0 aliphatic heterocycles. The van der Waals surface area contributed by atoms with Gasteiger partial charge in [-0.25, -0.2) is 4.98 Å². The van der Waals surface area contributed by atoms with Crippen LogP contribution in [0.25, 0.3) is 11.3 Å². The van der Waals surface area contributed by atoms with Crippen LogP contribution >= 0.6 is 0 Å². The summed E-state index contributed by atoms with van der Waals surface area (Å²) in [6.07, 6.45) is 10.1. The highest BCUT2D eigenvalue weighted by atomic mass is 16.3. The third kappa shape index (κ3) is 3.96. The molecule has 0 spiro atoms. The number of nitrogens with zero attached hydrogens (tertiary/aromatic N) is 3. The average molecular weight is 335 g/mol. The number of hydrogen-bond acceptors (Lipinski definition) is 6. The van der Waals surface area contributed by atoms with Gasteiger partial charge in [-0.1, -0.05) is 12.8 Å². The Morgan fingerprint density at radius 1 is 1.12 bits per heavy atom. The molecular weight excluding hydrogens is 314 g/mol. The summed E-state index contributed by atoms with van der Waals surface area (Å²) < 4.78 is 5.38. The molecule has 1 saturated carbocycles. The quantitative estimate of drug-likeness (QED) is 0.706. The first kappa shape index (κ1) is 15.6. The molecule has 0 saturated heterocycles. The van der Waals surface area contributed by atoms with Crippen LogP contribution in [-0.2, 0) is 6.54 Å². The van der Waals surface area contributed by atoms with Crippen molar-refractivity contribution in [3.05, 3.63) is 54.7 Å². The molecule has 4 rings (SSSR count). The van der Waals surface area contributed by atoms with Crippen molar-refractivity contribution in [3.63, 3.8) is 0 Å². The van der Waals surface area contributed by atoms with Crippen LogP contribution in [0.2, 0.25) is 0 Å². The van der Waals surface area contributed by atoms with Crippen molar-refractivity contribution in [2.24, 2.45) is 0 Å². The Morgan fingerprint density at radius 3 is 2.80 bits per heavy atom. The SMILES string of the molecule is c1cncc(-c2cc(NCc3ccco3)nc(NC3CCCC3)n2)c1. The van der Waals surface area contributed by atoms with E-state index < -0.39 is 0 Å². The van der Waals surface area contributed by atoms with Crippen molar-refractivity contribution in [1.82, 2.24) is 15.0 Å². The molecule has 0 unspecified atom stereocenters. The first-order chi connectivity index (χ1) is 12.4. The van der Waals surface area contributed by atoms with Crippen LogP contribution in [0.5, 0.6) is 0 Å². The standard InChI is InChI=1S/C19H21N5O/c1-2-7-15(6-1)22-19-23-17(14-5-3-9-20-12-14)11-18(24-19)21-13-16-8-4-10-25-16/h3-5,8-12,15H,1-2,6-7,13H2,(H2,21,22,23,24). The second-order valence-electron chi connectivity index (χ2n) is 6.26. The molecule has 0 radical (unpaired) electrons. The number of aromatic nitrogens is 3. The number of anilines is 2. The van der Waals surface area contributed by atoms with Gasteiger partial charge in [0.2, 0.25) is 5.95 Å². The Labute approximate surface area is 146 Å². The van der Waals surface area contributed by atoms with Crippen LogP contribution in [0.4, 0.5) is 11.8 Å². The first-order valence-electron chi connectivity index (χ1n) is 8.69. The molecule has 6 nitrogen and oxygen atoms in total. The summed E-state index contributed by atoms with van der Waals surface area (Å²) in [5.41, 5.74) is 1.82. The Hall–Kier alpha value is -2.89. The van der Waals surface area contributed by atoms with E-state index in [1.54, 1.807) is 12.5 Å². The maximum absolute atomic E-state index is 5.38. The fraction of sp³-hybridized carbons (Fsp3) is 0.316. The lowest BCUT2D eigenvalue weighted by molar-refractivity contribution is 0.518.